The molecule has 2 rings (SSSR count). The van der Waals surface area contributed by atoms with E-state index >= 15 is 0 Å². The van der Waals surface area contributed by atoms with Crippen molar-refractivity contribution in [2.75, 3.05) is 32.6 Å². The third-order valence-electron chi connectivity index (χ3n) is 2.51. The molecule has 1 aromatic heterocycles. The highest BCUT2D eigenvalue weighted by Crippen LogP contribution is 2.23. The van der Waals surface area contributed by atoms with Gasteiger partial charge in [-0.05, 0) is 6.07 Å². The molecule has 0 saturated heterocycles. The van der Waals surface area contributed by atoms with Gasteiger partial charge in [0, 0.05) is 31.3 Å². The van der Waals surface area contributed by atoms with Crippen molar-refractivity contribution < 1.29 is 4.74 Å². The van der Waals surface area contributed by atoms with Gasteiger partial charge in [0.05, 0.1) is 12.1 Å². The molecule has 96 valence electrons. The number of thioether (sulfide) groups is 1. The summed E-state index contributed by atoms with van der Waals surface area (Å²) in [6.07, 6.45) is 1.63. The highest BCUT2D eigenvalue weighted by atomic mass is 32.2. The van der Waals surface area contributed by atoms with Crippen molar-refractivity contribution in [1.29, 1.82) is 0 Å². The monoisotopic (exact) mass is 263 g/mol. The number of hydrogen-bond acceptors (Lipinski definition) is 5. The Balaban J connectivity index is 1.88. The molecule has 0 spiro atoms. The predicted octanol–water partition coefficient (Wildman–Crippen LogP) is 1.96. The summed E-state index contributed by atoms with van der Waals surface area (Å²) in [7, 11) is 1.71. The second kappa shape index (κ2) is 7.31. The van der Waals surface area contributed by atoms with Crippen molar-refractivity contribution in [3.8, 4) is 0 Å². The molecule has 0 unspecified atom stereocenters. The summed E-state index contributed by atoms with van der Waals surface area (Å²) in [6.45, 7) is 2.59. The lowest BCUT2D eigenvalue weighted by molar-refractivity contribution is 0.200. The number of para-hydroxylation sites is 1. The van der Waals surface area contributed by atoms with Crippen molar-refractivity contribution in [3.63, 3.8) is 0 Å². The Hall–Kier alpha value is -1.17. The lowest BCUT2D eigenvalue weighted by Gasteiger charge is -2.05. The summed E-state index contributed by atoms with van der Waals surface area (Å²) in [5.41, 5.74) is 1.00. The molecule has 0 aliphatic rings. The zero-order valence-corrected chi connectivity index (χ0v) is 11.2. The van der Waals surface area contributed by atoms with E-state index in [1.165, 1.54) is 0 Å². The minimum atomic E-state index is 0.751. The summed E-state index contributed by atoms with van der Waals surface area (Å²) in [5.74, 6) is 0.991. The highest BCUT2D eigenvalue weighted by Gasteiger charge is 2.02. The number of aromatic nitrogens is 2. The zero-order chi connectivity index (χ0) is 12.6. The van der Waals surface area contributed by atoms with Crippen molar-refractivity contribution in [2.24, 2.45) is 0 Å². The van der Waals surface area contributed by atoms with E-state index in [4.69, 9.17) is 4.74 Å². The standard InChI is InChI=1S/C13H17N3OS/c1-17-8-6-14-7-9-18-13-11-4-2-3-5-12(11)15-10-16-13/h2-5,10,14H,6-9H2,1H3. The first-order valence-electron chi connectivity index (χ1n) is 5.94. The van der Waals surface area contributed by atoms with Crippen molar-refractivity contribution in [3.05, 3.63) is 30.6 Å². The van der Waals surface area contributed by atoms with Crippen molar-refractivity contribution in [2.45, 2.75) is 5.03 Å². The Labute approximate surface area is 111 Å². The summed E-state index contributed by atoms with van der Waals surface area (Å²) in [6, 6.07) is 8.09. The van der Waals surface area contributed by atoms with Crippen molar-refractivity contribution in [1.82, 2.24) is 15.3 Å². The number of nitrogens with zero attached hydrogens (tertiary/aromatic N) is 2. The first-order chi connectivity index (χ1) is 8.92. The fraction of sp³-hybridized carbons (Fsp3) is 0.385. The number of hydrogen-bond donors (Lipinski definition) is 1. The molecule has 1 aromatic carbocycles. The second-order valence-electron chi connectivity index (χ2n) is 3.79. The average molecular weight is 263 g/mol. The topological polar surface area (TPSA) is 47.0 Å². The van der Waals surface area contributed by atoms with E-state index in [1.54, 1.807) is 25.2 Å². The van der Waals surface area contributed by atoms with E-state index < -0.39 is 0 Å². The molecule has 5 heteroatoms. The van der Waals surface area contributed by atoms with Crippen LogP contribution in [-0.2, 0) is 4.74 Å². The molecule has 0 aliphatic heterocycles. The predicted molar refractivity (Wildman–Crippen MR) is 75.0 cm³/mol. The Kier molecular flexibility index (Phi) is 5.38. The summed E-state index contributed by atoms with van der Waals surface area (Å²) >= 11 is 1.75. The maximum absolute atomic E-state index is 4.97. The molecule has 2 aromatic rings. The molecule has 0 fully saturated rings. The summed E-state index contributed by atoms with van der Waals surface area (Å²) in [4.78, 5) is 8.59. The number of ether oxygens (including phenoxy) is 1. The first-order valence-corrected chi connectivity index (χ1v) is 6.92. The molecular formula is C13H17N3OS. The zero-order valence-electron chi connectivity index (χ0n) is 10.4. The van der Waals surface area contributed by atoms with Gasteiger partial charge < -0.3 is 10.1 Å². The van der Waals surface area contributed by atoms with E-state index in [0.717, 1.165) is 41.4 Å². The molecule has 0 saturated carbocycles. The van der Waals surface area contributed by atoms with E-state index in [9.17, 15) is 0 Å². The van der Waals surface area contributed by atoms with Gasteiger partial charge in [-0.2, -0.15) is 0 Å². The smallest absolute Gasteiger partial charge is 0.117 e. The lowest BCUT2D eigenvalue weighted by atomic mass is 10.2. The van der Waals surface area contributed by atoms with E-state index in [2.05, 4.69) is 21.4 Å². The maximum Gasteiger partial charge on any atom is 0.117 e. The van der Waals surface area contributed by atoms with Gasteiger partial charge >= 0.3 is 0 Å². The Morgan fingerprint density at radius 3 is 3.00 bits per heavy atom. The molecule has 4 nitrogen and oxygen atoms in total. The van der Waals surface area contributed by atoms with Gasteiger partial charge in [0.2, 0.25) is 0 Å². The average Bonchev–Trinajstić information content (AvgIpc) is 2.43. The molecular weight excluding hydrogens is 246 g/mol. The Bertz CT molecular complexity index is 487. The molecule has 0 amide bonds. The normalized spacial score (nSPS) is 10.9. The van der Waals surface area contributed by atoms with Gasteiger partial charge in [-0.3, -0.25) is 0 Å². The van der Waals surface area contributed by atoms with Crippen LogP contribution in [0.1, 0.15) is 0 Å². The Morgan fingerprint density at radius 2 is 2.11 bits per heavy atom. The molecule has 0 aliphatic carbocycles. The molecule has 18 heavy (non-hydrogen) atoms. The molecule has 0 atom stereocenters. The fourth-order valence-corrected chi connectivity index (χ4v) is 2.50. The van der Waals surface area contributed by atoms with Crippen LogP contribution in [0.2, 0.25) is 0 Å². The van der Waals surface area contributed by atoms with Crippen LogP contribution in [0.5, 0.6) is 0 Å². The third kappa shape index (κ3) is 3.66. The highest BCUT2D eigenvalue weighted by molar-refractivity contribution is 7.99. The summed E-state index contributed by atoms with van der Waals surface area (Å²) in [5, 5.41) is 5.49. The van der Waals surface area contributed by atoms with Crippen LogP contribution in [0.4, 0.5) is 0 Å². The van der Waals surface area contributed by atoms with Crippen molar-refractivity contribution >= 4 is 22.7 Å². The maximum atomic E-state index is 4.97. The molecule has 1 heterocycles. The molecule has 1 N–H and O–H groups in total. The summed E-state index contributed by atoms with van der Waals surface area (Å²) < 4.78 is 4.97. The molecule has 0 bridgehead atoms. The van der Waals surface area contributed by atoms with Gasteiger partial charge in [-0.25, -0.2) is 9.97 Å². The van der Waals surface area contributed by atoms with Crippen LogP contribution >= 0.6 is 11.8 Å². The van der Waals surface area contributed by atoms with Gasteiger partial charge in [-0.15, -0.1) is 11.8 Å². The third-order valence-corrected chi connectivity index (χ3v) is 3.51. The second-order valence-corrected chi connectivity index (χ2v) is 4.87. The van der Waals surface area contributed by atoms with Crippen LogP contribution in [0.15, 0.2) is 35.6 Å². The van der Waals surface area contributed by atoms with E-state index in [0.29, 0.717) is 0 Å². The van der Waals surface area contributed by atoms with Crippen LogP contribution in [-0.4, -0.2) is 42.5 Å². The first kappa shape index (κ1) is 13.3. The van der Waals surface area contributed by atoms with E-state index in [-0.39, 0.29) is 0 Å². The van der Waals surface area contributed by atoms with Crippen LogP contribution in [0.3, 0.4) is 0 Å². The van der Waals surface area contributed by atoms with Gasteiger partial charge in [0.25, 0.3) is 0 Å². The van der Waals surface area contributed by atoms with Crippen LogP contribution < -0.4 is 5.32 Å². The number of nitrogens with one attached hydrogen (secondary N) is 1. The van der Waals surface area contributed by atoms with Crippen LogP contribution in [0.25, 0.3) is 10.9 Å². The minimum absolute atomic E-state index is 0.751. The largest absolute Gasteiger partial charge is 0.383 e. The number of methoxy groups -OCH3 is 1. The number of fused-ring (bicyclic) bond motifs is 1. The van der Waals surface area contributed by atoms with Crippen LogP contribution in [0, 0.1) is 0 Å². The quantitative estimate of drug-likeness (QED) is 0.470. The number of rotatable bonds is 7. The number of benzene rings is 1. The minimum Gasteiger partial charge on any atom is -0.383 e. The van der Waals surface area contributed by atoms with Gasteiger partial charge in [-0.1, -0.05) is 18.2 Å². The lowest BCUT2D eigenvalue weighted by Crippen LogP contribution is -2.21. The Morgan fingerprint density at radius 1 is 1.22 bits per heavy atom. The molecule has 0 radical (unpaired) electrons. The van der Waals surface area contributed by atoms with Gasteiger partial charge in [0.1, 0.15) is 11.4 Å². The SMILES string of the molecule is COCCNCCSc1ncnc2ccccc12. The van der Waals surface area contributed by atoms with E-state index in [1.807, 2.05) is 18.2 Å². The fourth-order valence-electron chi connectivity index (χ4n) is 1.61. The van der Waals surface area contributed by atoms with Gasteiger partial charge in [0.15, 0.2) is 0 Å².